The molecular weight excluding hydrogens is 234 g/mol. The zero-order valence-electron chi connectivity index (χ0n) is 11.6. The Morgan fingerprint density at radius 1 is 1.33 bits per heavy atom. The van der Waals surface area contributed by atoms with Gasteiger partial charge in [0.15, 0.2) is 11.3 Å². The number of hydrogen-bond acceptors (Lipinski definition) is 3. The summed E-state index contributed by atoms with van der Waals surface area (Å²) >= 11 is 0. The summed E-state index contributed by atoms with van der Waals surface area (Å²) in [6.45, 7) is 9.17. The van der Waals surface area contributed by atoms with Crippen LogP contribution in [0.1, 0.15) is 34.6 Å². The van der Waals surface area contributed by atoms with Crippen molar-refractivity contribution in [3.8, 4) is 12.3 Å². The van der Waals surface area contributed by atoms with Gasteiger partial charge in [-0.25, -0.2) is 4.79 Å². The molecule has 0 aliphatic carbocycles. The van der Waals surface area contributed by atoms with Crippen molar-refractivity contribution < 1.29 is 19.4 Å². The largest absolute Gasteiger partial charge is 0.465 e. The summed E-state index contributed by atoms with van der Waals surface area (Å²) in [6.07, 6.45) is 4.47. The minimum atomic E-state index is -1.08. The molecule has 1 heterocycles. The number of hydrogen-bond donors (Lipinski definition) is 1. The summed E-state index contributed by atoms with van der Waals surface area (Å²) in [5, 5.41) is 9.41. The topological polar surface area (TPSA) is 59.0 Å². The zero-order chi connectivity index (χ0) is 14.2. The Kier molecular flexibility index (Phi) is 3.66. The highest BCUT2D eigenvalue weighted by molar-refractivity contribution is 5.68. The van der Waals surface area contributed by atoms with Crippen LogP contribution in [0.25, 0.3) is 0 Å². The first-order chi connectivity index (χ1) is 8.04. The van der Waals surface area contributed by atoms with Crippen molar-refractivity contribution in [2.45, 2.75) is 51.5 Å². The fourth-order valence-electron chi connectivity index (χ4n) is 2.06. The minimum Gasteiger partial charge on any atom is -0.465 e. The van der Waals surface area contributed by atoms with Crippen LogP contribution in [0.3, 0.4) is 0 Å². The first kappa shape index (κ1) is 14.8. The molecule has 18 heavy (non-hydrogen) atoms. The predicted molar refractivity (Wildman–Crippen MR) is 67.2 cm³/mol. The normalized spacial score (nSPS) is 22.0. The van der Waals surface area contributed by atoms with E-state index in [1.807, 2.05) is 0 Å². The highest BCUT2D eigenvalue weighted by Gasteiger charge is 2.49. The van der Waals surface area contributed by atoms with E-state index >= 15 is 0 Å². The number of rotatable bonds is 1. The van der Waals surface area contributed by atoms with E-state index in [4.69, 9.17) is 15.9 Å². The molecule has 1 fully saturated rings. The van der Waals surface area contributed by atoms with E-state index in [-0.39, 0.29) is 13.2 Å². The lowest BCUT2D eigenvalue weighted by Gasteiger charge is -2.50. The van der Waals surface area contributed by atoms with Gasteiger partial charge in [0.2, 0.25) is 0 Å². The number of ether oxygens (including phenoxy) is 2. The molecule has 1 aliphatic heterocycles. The van der Waals surface area contributed by atoms with Crippen molar-refractivity contribution >= 4 is 6.09 Å². The molecule has 0 aromatic rings. The Morgan fingerprint density at radius 3 is 2.06 bits per heavy atom. The second-order valence-corrected chi connectivity index (χ2v) is 5.94. The van der Waals surface area contributed by atoms with Crippen LogP contribution in [-0.2, 0) is 9.47 Å². The summed E-state index contributed by atoms with van der Waals surface area (Å²) in [6, 6.07) is 0. The molecule has 1 N–H and O–H groups in total. The molecule has 0 unspecified atom stereocenters. The van der Waals surface area contributed by atoms with E-state index in [1.54, 1.807) is 34.6 Å². The van der Waals surface area contributed by atoms with Crippen molar-refractivity contribution in [2.75, 3.05) is 13.2 Å². The van der Waals surface area contributed by atoms with Gasteiger partial charge in [0.1, 0.15) is 0 Å². The maximum Gasteiger partial charge on any atom is 0.409 e. The first-order valence-electron chi connectivity index (χ1n) is 5.83. The number of terminal acetylenes is 1. The Balaban J connectivity index is 3.09. The third-order valence-electron chi connectivity index (χ3n) is 2.88. The predicted octanol–water partition coefficient (Wildman–Crippen LogP) is 1.92. The number of carbonyl (C=O) groups is 1. The lowest BCUT2D eigenvalue weighted by atomic mass is 9.92. The maximum absolute atomic E-state index is 11.5. The van der Waals surface area contributed by atoms with E-state index in [0.29, 0.717) is 0 Å². The summed E-state index contributed by atoms with van der Waals surface area (Å²) in [5.74, 6) is 1.80. The maximum atomic E-state index is 11.5. The van der Waals surface area contributed by atoms with Crippen LogP contribution >= 0.6 is 0 Å². The highest BCUT2D eigenvalue weighted by atomic mass is 16.7. The van der Waals surface area contributed by atoms with Gasteiger partial charge in [-0.3, -0.25) is 4.90 Å². The van der Waals surface area contributed by atoms with E-state index < -0.39 is 23.0 Å². The van der Waals surface area contributed by atoms with Crippen molar-refractivity contribution in [3.05, 3.63) is 0 Å². The summed E-state index contributed by atoms with van der Waals surface area (Å²) in [5.41, 5.74) is -1.72. The SMILES string of the molecule is C#CC1(N(C(=O)O)C(C)(C)C)COC(C)(C)OC1. The van der Waals surface area contributed by atoms with Crippen molar-refractivity contribution in [1.29, 1.82) is 0 Å². The van der Waals surface area contributed by atoms with Gasteiger partial charge < -0.3 is 14.6 Å². The Bertz CT molecular complexity index is 365. The average Bonchev–Trinajstić information content (AvgIpc) is 2.19. The monoisotopic (exact) mass is 255 g/mol. The van der Waals surface area contributed by atoms with E-state index in [1.165, 1.54) is 4.90 Å². The Hall–Kier alpha value is -1.25. The molecule has 0 radical (unpaired) electrons. The second-order valence-electron chi connectivity index (χ2n) is 5.94. The van der Waals surface area contributed by atoms with E-state index in [2.05, 4.69) is 5.92 Å². The Labute approximate surface area is 108 Å². The van der Waals surface area contributed by atoms with Crippen LogP contribution in [-0.4, -0.2) is 46.2 Å². The highest BCUT2D eigenvalue weighted by Crippen LogP contribution is 2.32. The second kappa shape index (κ2) is 4.45. The van der Waals surface area contributed by atoms with Crippen molar-refractivity contribution in [1.82, 2.24) is 4.90 Å². The van der Waals surface area contributed by atoms with E-state index in [0.717, 1.165) is 0 Å². The molecule has 1 aliphatic rings. The van der Waals surface area contributed by atoms with Gasteiger partial charge in [0.25, 0.3) is 0 Å². The summed E-state index contributed by atoms with van der Waals surface area (Å²) in [7, 11) is 0. The molecule has 0 saturated carbocycles. The van der Waals surface area contributed by atoms with Crippen molar-refractivity contribution in [3.63, 3.8) is 0 Å². The van der Waals surface area contributed by atoms with Gasteiger partial charge in [-0.2, -0.15) is 0 Å². The molecule has 0 bridgehead atoms. The lowest BCUT2D eigenvalue weighted by Crippen LogP contribution is -2.66. The van der Waals surface area contributed by atoms with Crippen LogP contribution in [0, 0.1) is 12.3 Å². The molecule has 1 saturated heterocycles. The molecule has 1 rings (SSSR count). The van der Waals surface area contributed by atoms with Crippen LogP contribution in [0.4, 0.5) is 4.79 Å². The first-order valence-corrected chi connectivity index (χ1v) is 5.83. The zero-order valence-corrected chi connectivity index (χ0v) is 11.6. The quantitative estimate of drug-likeness (QED) is 0.727. The third-order valence-corrected chi connectivity index (χ3v) is 2.88. The number of nitrogens with zero attached hydrogens (tertiary/aromatic N) is 1. The van der Waals surface area contributed by atoms with Crippen LogP contribution < -0.4 is 0 Å². The molecule has 102 valence electrons. The Morgan fingerprint density at radius 2 is 1.78 bits per heavy atom. The molecule has 0 atom stereocenters. The molecule has 1 amide bonds. The smallest absolute Gasteiger partial charge is 0.409 e. The fraction of sp³-hybridized carbons (Fsp3) is 0.769. The standard InChI is InChI=1S/C13H21NO4/c1-7-13(8-17-12(5,6)18-9-13)14(10(15)16)11(2,3)4/h1H,8-9H2,2-6H3,(H,15,16). The number of amides is 1. The van der Waals surface area contributed by atoms with Crippen LogP contribution in [0.2, 0.25) is 0 Å². The fourth-order valence-corrected chi connectivity index (χ4v) is 2.06. The molecule has 5 heteroatoms. The minimum absolute atomic E-state index is 0.125. The summed E-state index contributed by atoms with van der Waals surface area (Å²) < 4.78 is 11.1. The van der Waals surface area contributed by atoms with Gasteiger partial charge in [-0.05, 0) is 34.6 Å². The molecule has 0 spiro atoms. The number of carboxylic acid groups (broad SMARTS) is 1. The molecule has 0 aromatic heterocycles. The van der Waals surface area contributed by atoms with Crippen LogP contribution in [0.15, 0.2) is 0 Å². The average molecular weight is 255 g/mol. The van der Waals surface area contributed by atoms with Gasteiger partial charge in [-0.15, -0.1) is 6.42 Å². The van der Waals surface area contributed by atoms with Gasteiger partial charge in [0, 0.05) is 5.54 Å². The van der Waals surface area contributed by atoms with Crippen LogP contribution in [0.5, 0.6) is 0 Å². The third kappa shape index (κ3) is 2.77. The van der Waals surface area contributed by atoms with Gasteiger partial charge >= 0.3 is 6.09 Å². The molecule has 0 aromatic carbocycles. The van der Waals surface area contributed by atoms with Crippen molar-refractivity contribution in [2.24, 2.45) is 0 Å². The summed E-state index contributed by atoms with van der Waals surface area (Å²) in [4.78, 5) is 12.7. The van der Waals surface area contributed by atoms with Gasteiger partial charge in [0.05, 0.1) is 13.2 Å². The molecular formula is C13H21NO4. The van der Waals surface area contributed by atoms with E-state index in [9.17, 15) is 9.90 Å². The lowest BCUT2D eigenvalue weighted by molar-refractivity contribution is -0.278. The van der Waals surface area contributed by atoms with Gasteiger partial charge in [-0.1, -0.05) is 5.92 Å². The molecule has 5 nitrogen and oxygen atoms in total.